The molecule has 25 heavy (non-hydrogen) atoms. The molecule has 0 aliphatic carbocycles. The Balaban J connectivity index is 1.72. The molecule has 1 N–H and O–H groups in total. The zero-order chi connectivity index (χ0) is 17.6. The Morgan fingerprint density at radius 3 is 2.40 bits per heavy atom. The maximum atomic E-state index is 12.5. The van der Waals surface area contributed by atoms with Gasteiger partial charge in [0.15, 0.2) is 0 Å². The summed E-state index contributed by atoms with van der Waals surface area (Å²) in [5, 5.41) is 2.62. The first-order valence-electron chi connectivity index (χ1n) is 8.49. The van der Waals surface area contributed by atoms with Gasteiger partial charge in [0.2, 0.25) is 5.91 Å². The van der Waals surface area contributed by atoms with Crippen LogP contribution < -0.4 is 10.9 Å². The monoisotopic (exact) mass is 339 g/mol. The summed E-state index contributed by atoms with van der Waals surface area (Å²) in [6.45, 7) is 1.49. The first-order valence-corrected chi connectivity index (χ1v) is 8.49. The van der Waals surface area contributed by atoms with Gasteiger partial charge in [0.25, 0.3) is 11.5 Å². The third-order valence-electron chi connectivity index (χ3n) is 4.32. The van der Waals surface area contributed by atoms with Gasteiger partial charge in [-0.1, -0.05) is 18.2 Å². The molecule has 1 saturated heterocycles. The minimum absolute atomic E-state index is 0.00607. The van der Waals surface area contributed by atoms with Gasteiger partial charge in [-0.05, 0) is 43.5 Å². The molecular weight excluding hydrogens is 318 g/mol. The fourth-order valence-corrected chi connectivity index (χ4v) is 2.93. The number of aromatic nitrogens is 1. The van der Waals surface area contributed by atoms with Gasteiger partial charge in [-0.2, -0.15) is 0 Å². The number of piperidine rings is 1. The largest absolute Gasteiger partial charge is 0.341 e. The minimum Gasteiger partial charge on any atom is -0.341 e. The van der Waals surface area contributed by atoms with Crippen molar-refractivity contribution >= 4 is 17.5 Å². The van der Waals surface area contributed by atoms with E-state index in [1.807, 2.05) is 6.07 Å². The molecule has 6 nitrogen and oxygen atoms in total. The predicted molar refractivity (Wildman–Crippen MR) is 95.5 cm³/mol. The molecule has 2 aromatic rings. The summed E-state index contributed by atoms with van der Waals surface area (Å²) < 4.78 is 1.34. The number of nitrogens with one attached hydrogen (secondary N) is 1. The fraction of sp³-hybridized carbons (Fsp3) is 0.316. The van der Waals surface area contributed by atoms with Crippen LogP contribution in [0.25, 0.3) is 0 Å². The van der Waals surface area contributed by atoms with E-state index in [9.17, 15) is 14.4 Å². The number of pyridine rings is 1. The van der Waals surface area contributed by atoms with E-state index in [1.54, 1.807) is 47.5 Å². The molecular formula is C19H21N3O3. The lowest BCUT2D eigenvalue weighted by Gasteiger charge is -2.27. The van der Waals surface area contributed by atoms with E-state index < -0.39 is 0 Å². The molecule has 1 aromatic carbocycles. The molecule has 1 aliphatic rings. The molecule has 2 heterocycles. The lowest BCUT2D eigenvalue weighted by Crippen LogP contribution is -2.39. The number of likely N-dealkylation sites (tertiary alicyclic amines) is 1. The van der Waals surface area contributed by atoms with E-state index in [0.717, 1.165) is 32.4 Å². The number of amides is 2. The SMILES string of the molecule is O=C(Nc1cccn(CC(=O)N2CCCCC2)c1=O)c1ccccc1. The standard InChI is InChI=1S/C19H21N3O3/c23-17(21-11-5-2-6-12-21)14-22-13-7-10-16(19(22)25)20-18(24)15-8-3-1-4-9-15/h1,3-4,7-10,13H,2,5-6,11-12,14H2,(H,20,24). The van der Waals surface area contributed by atoms with Crippen LogP contribution in [-0.2, 0) is 11.3 Å². The Bertz CT molecular complexity index is 808. The quantitative estimate of drug-likeness (QED) is 0.927. The van der Waals surface area contributed by atoms with Crippen LogP contribution >= 0.6 is 0 Å². The second-order valence-corrected chi connectivity index (χ2v) is 6.12. The highest BCUT2D eigenvalue weighted by molar-refractivity contribution is 6.04. The molecule has 0 bridgehead atoms. The van der Waals surface area contributed by atoms with Crippen molar-refractivity contribution in [3.63, 3.8) is 0 Å². The number of rotatable bonds is 4. The highest BCUT2D eigenvalue weighted by atomic mass is 16.2. The number of carbonyl (C=O) groups excluding carboxylic acids is 2. The van der Waals surface area contributed by atoms with Crippen LogP contribution in [0.2, 0.25) is 0 Å². The summed E-state index contributed by atoms with van der Waals surface area (Å²) in [5.41, 5.74) is 0.265. The van der Waals surface area contributed by atoms with Crippen LogP contribution in [0.5, 0.6) is 0 Å². The van der Waals surface area contributed by atoms with Gasteiger partial charge in [-0.3, -0.25) is 14.4 Å². The molecule has 0 saturated carbocycles. The lowest BCUT2D eigenvalue weighted by molar-refractivity contribution is -0.132. The Labute approximate surface area is 146 Å². The van der Waals surface area contributed by atoms with Gasteiger partial charge in [-0.15, -0.1) is 0 Å². The third-order valence-corrected chi connectivity index (χ3v) is 4.32. The zero-order valence-corrected chi connectivity index (χ0v) is 14.0. The van der Waals surface area contributed by atoms with Gasteiger partial charge in [0.1, 0.15) is 12.2 Å². The van der Waals surface area contributed by atoms with Crippen molar-refractivity contribution in [2.24, 2.45) is 0 Å². The summed E-state index contributed by atoms with van der Waals surface area (Å²) in [7, 11) is 0. The van der Waals surface area contributed by atoms with Crippen molar-refractivity contribution in [3.8, 4) is 0 Å². The highest BCUT2D eigenvalue weighted by Crippen LogP contribution is 2.10. The molecule has 3 rings (SSSR count). The van der Waals surface area contributed by atoms with E-state index >= 15 is 0 Å². The molecule has 1 fully saturated rings. The van der Waals surface area contributed by atoms with E-state index in [0.29, 0.717) is 5.56 Å². The normalized spacial score (nSPS) is 14.2. The average molecular weight is 339 g/mol. The molecule has 130 valence electrons. The summed E-state index contributed by atoms with van der Waals surface area (Å²) in [4.78, 5) is 38.9. The smallest absolute Gasteiger partial charge is 0.274 e. The number of hydrogen-bond donors (Lipinski definition) is 1. The first-order chi connectivity index (χ1) is 12.1. The van der Waals surface area contributed by atoms with Crippen molar-refractivity contribution in [1.82, 2.24) is 9.47 Å². The predicted octanol–water partition coefficient (Wildman–Crippen LogP) is 2.11. The highest BCUT2D eigenvalue weighted by Gasteiger charge is 2.18. The Hall–Kier alpha value is -2.89. The fourth-order valence-electron chi connectivity index (χ4n) is 2.93. The molecule has 0 spiro atoms. The van der Waals surface area contributed by atoms with Gasteiger partial charge < -0.3 is 14.8 Å². The topological polar surface area (TPSA) is 71.4 Å². The molecule has 2 amide bonds. The van der Waals surface area contributed by atoms with Crippen LogP contribution in [-0.4, -0.2) is 34.4 Å². The van der Waals surface area contributed by atoms with Crippen molar-refractivity contribution in [2.75, 3.05) is 18.4 Å². The second kappa shape index (κ2) is 7.79. The van der Waals surface area contributed by atoms with Crippen LogP contribution in [0.3, 0.4) is 0 Å². The maximum Gasteiger partial charge on any atom is 0.274 e. The number of benzene rings is 1. The van der Waals surface area contributed by atoms with E-state index in [1.165, 1.54) is 4.57 Å². The number of hydrogen-bond acceptors (Lipinski definition) is 3. The molecule has 1 aromatic heterocycles. The molecule has 0 atom stereocenters. The van der Waals surface area contributed by atoms with Crippen molar-refractivity contribution in [2.45, 2.75) is 25.8 Å². The van der Waals surface area contributed by atoms with Crippen molar-refractivity contribution in [3.05, 3.63) is 64.6 Å². The van der Waals surface area contributed by atoms with E-state index in [4.69, 9.17) is 0 Å². The first kappa shape index (κ1) is 17.0. The van der Waals surface area contributed by atoms with Crippen LogP contribution in [0.15, 0.2) is 53.5 Å². The van der Waals surface area contributed by atoms with Gasteiger partial charge >= 0.3 is 0 Å². The van der Waals surface area contributed by atoms with Crippen LogP contribution in [0, 0.1) is 0 Å². The molecule has 0 unspecified atom stereocenters. The Kier molecular flexibility index (Phi) is 5.28. The Morgan fingerprint density at radius 2 is 1.68 bits per heavy atom. The summed E-state index contributed by atoms with van der Waals surface area (Å²) >= 11 is 0. The summed E-state index contributed by atoms with van der Waals surface area (Å²) in [6, 6.07) is 11.9. The molecule has 6 heteroatoms. The van der Waals surface area contributed by atoms with E-state index in [-0.39, 0.29) is 29.6 Å². The molecule has 0 radical (unpaired) electrons. The minimum atomic E-state index is -0.378. The zero-order valence-electron chi connectivity index (χ0n) is 14.0. The molecule has 1 aliphatic heterocycles. The lowest BCUT2D eigenvalue weighted by atomic mass is 10.1. The van der Waals surface area contributed by atoms with Gasteiger partial charge in [0, 0.05) is 24.8 Å². The van der Waals surface area contributed by atoms with Gasteiger partial charge in [-0.25, -0.2) is 0 Å². The number of nitrogens with zero attached hydrogens (tertiary/aromatic N) is 2. The van der Waals surface area contributed by atoms with Crippen LogP contribution in [0.4, 0.5) is 5.69 Å². The third kappa shape index (κ3) is 4.15. The number of carbonyl (C=O) groups is 2. The maximum absolute atomic E-state index is 12.5. The van der Waals surface area contributed by atoms with Crippen LogP contribution in [0.1, 0.15) is 29.6 Å². The average Bonchev–Trinajstić information content (AvgIpc) is 2.66. The van der Waals surface area contributed by atoms with E-state index in [2.05, 4.69) is 5.32 Å². The second-order valence-electron chi connectivity index (χ2n) is 6.12. The summed E-state index contributed by atoms with van der Waals surface area (Å²) in [6.07, 6.45) is 4.73. The number of anilines is 1. The summed E-state index contributed by atoms with van der Waals surface area (Å²) in [5.74, 6) is -0.411. The van der Waals surface area contributed by atoms with Crippen molar-refractivity contribution in [1.29, 1.82) is 0 Å². The van der Waals surface area contributed by atoms with Gasteiger partial charge in [0.05, 0.1) is 0 Å². The Morgan fingerprint density at radius 1 is 0.960 bits per heavy atom. The van der Waals surface area contributed by atoms with Crippen molar-refractivity contribution < 1.29 is 9.59 Å².